The van der Waals surface area contributed by atoms with Crippen molar-refractivity contribution in [2.24, 2.45) is 4.99 Å². The van der Waals surface area contributed by atoms with Crippen LogP contribution >= 0.6 is 24.0 Å². The fourth-order valence-corrected chi connectivity index (χ4v) is 3.33. The first kappa shape index (κ1) is 26.2. The van der Waals surface area contributed by atoms with Gasteiger partial charge < -0.3 is 25.4 Å². The van der Waals surface area contributed by atoms with E-state index in [4.69, 9.17) is 14.5 Å². The zero-order valence-electron chi connectivity index (χ0n) is 19.1. The van der Waals surface area contributed by atoms with Gasteiger partial charge in [0.05, 0.1) is 19.8 Å². The number of nitrogens with one attached hydrogen (secondary N) is 3. The van der Waals surface area contributed by atoms with E-state index >= 15 is 0 Å². The van der Waals surface area contributed by atoms with Crippen molar-refractivity contribution in [3.8, 4) is 5.75 Å². The predicted octanol–water partition coefficient (Wildman–Crippen LogP) is 4.12. The second-order valence-electron chi connectivity index (χ2n) is 7.69. The topological polar surface area (TPSA) is 79.8 Å². The summed E-state index contributed by atoms with van der Waals surface area (Å²) >= 11 is 0. The number of rotatable bonds is 11. The molecule has 3 N–H and O–H groups in total. The number of guanidine groups is 1. The largest absolute Gasteiger partial charge is 0.488 e. The summed E-state index contributed by atoms with van der Waals surface area (Å²) in [5.74, 6) is 2.66. The van der Waals surface area contributed by atoms with E-state index in [1.54, 1.807) is 6.20 Å². The van der Waals surface area contributed by atoms with Crippen molar-refractivity contribution >= 4 is 35.8 Å². The molecule has 1 saturated heterocycles. The summed E-state index contributed by atoms with van der Waals surface area (Å²) in [6.07, 6.45) is 4.98. The number of benzene rings is 1. The molecule has 1 aromatic carbocycles. The lowest BCUT2D eigenvalue weighted by atomic mass is 10.1. The van der Waals surface area contributed by atoms with Crippen LogP contribution in [0.5, 0.6) is 5.75 Å². The van der Waals surface area contributed by atoms with E-state index in [0.717, 1.165) is 68.6 Å². The number of hydrogen-bond acceptors (Lipinski definition) is 5. The molecule has 3 rings (SSSR count). The lowest BCUT2D eigenvalue weighted by Gasteiger charge is -2.16. The Bertz CT molecular complexity index is 813. The highest BCUT2D eigenvalue weighted by Gasteiger charge is 2.18. The van der Waals surface area contributed by atoms with E-state index in [9.17, 15) is 0 Å². The van der Waals surface area contributed by atoms with Crippen LogP contribution in [-0.4, -0.2) is 49.9 Å². The third-order valence-corrected chi connectivity index (χ3v) is 5.02. The van der Waals surface area contributed by atoms with Gasteiger partial charge in [-0.25, -0.2) is 9.98 Å². The van der Waals surface area contributed by atoms with Crippen LogP contribution < -0.4 is 20.7 Å². The first-order valence-corrected chi connectivity index (χ1v) is 11.3. The summed E-state index contributed by atoms with van der Waals surface area (Å²) in [7, 11) is 0. The van der Waals surface area contributed by atoms with E-state index in [1.807, 2.05) is 18.2 Å². The Morgan fingerprint density at radius 2 is 2.06 bits per heavy atom. The summed E-state index contributed by atoms with van der Waals surface area (Å²) in [5, 5.41) is 10.1. The van der Waals surface area contributed by atoms with Crippen LogP contribution in [-0.2, 0) is 11.3 Å². The number of aryl methyl sites for hydroxylation is 1. The number of pyridine rings is 1. The van der Waals surface area contributed by atoms with E-state index in [1.165, 1.54) is 5.56 Å². The van der Waals surface area contributed by atoms with Crippen molar-refractivity contribution in [3.63, 3.8) is 0 Å². The van der Waals surface area contributed by atoms with Crippen LogP contribution in [0.15, 0.2) is 47.6 Å². The molecule has 1 aliphatic rings. The Kier molecular flexibility index (Phi) is 12.2. The molecule has 0 aliphatic carbocycles. The molecule has 0 bridgehead atoms. The van der Waals surface area contributed by atoms with Gasteiger partial charge in [0.15, 0.2) is 5.96 Å². The quantitative estimate of drug-likeness (QED) is 0.168. The summed E-state index contributed by atoms with van der Waals surface area (Å²) in [4.78, 5) is 9.05. The summed E-state index contributed by atoms with van der Waals surface area (Å²) < 4.78 is 11.6. The Morgan fingerprint density at radius 1 is 1.19 bits per heavy atom. The number of halogens is 1. The van der Waals surface area contributed by atoms with Gasteiger partial charge in [-0.3, -0.25) is 0 Å². The molecule has 2 aromatic rings. The predicted molar refractivity (Wildman–Crippen MR) is 141 cm³/mol. The molecule has 0 saturated carbocycles. The number of anilines is 1. The molecule has 8 heteroatoms. The molecular weight excluding hydrogens is 517 g/mol. The zero-order valence-corrected chi connectivity index (χ0v) is 21.4. The van der Waals surface area contributed by atoms with Crippen molar-refractivity contribution in [3.05, 3.63) is 53.7 Å². The standard InChI is InChI=1S/C24H35N5O2.HI/c1-3-25-24(28-14-7-6-13-27-23-8-4-5-12-26-23)29-17-20-10-9-19(2)16-22(20)31-21-11-15-30-18-21;/h4-5,8-10,12,16,21H,3,6-7,11,13-15,17-18H2,1-2H3,(H,26,27)(H2,25,28,29);1H. The van der Waals surface area contributed by atoms with Gasteiger partial charge in [0.25, 0.3) is 0 Å². The monoisotopic (exact) mass is 553 g/mol. The average Bonchev–Trinajstić information content (AvgIpc) is 3.29. The molecule has 0 amide bonds. The Morgan fingerprint density at radius 3 is 2.81 bits per heavy atom. The minimum absolute atomic E-state index is 0. The molecule has 1 fully saturated rings. The van der Waals surface area contributed by atoms with Crippen LogP contribution in [0.2, 0.25) is 0 Å². The van der Waals surface area contributed by atoms with E-state index in [2.05, 4.69) is 53.0 Å². The molecule has 2 heterocycles. The second kappa shape index (κ2) is 14.9. The Balaban J connectivity index is 0.00000363. The van der Waals surface area contributed by atoms with Gasteiger partial charge in [-0.15, -0.1) is 24.0 Å². The molecule has 0 radical (unpaired) electrons. The lowest BCUT2D eigenvalue weighted by molar-refractivity contribution is 0.140. The van der Waals surface area contributed by atoms with Gasteiger partial charge in [-0.2, -0.15) is 0 Å². The van der Waals surface area contributed by atoms with Crippen LogP contribution in [0.25, 0.3) is 0 Å². The van der Waals surface area contributed by atoms with Gasteiger partial charge in [0, 0.05) is 37.8 Å². The van der Waals surface area contributed by atoms with Gasteiger partial charge in [-0.05, 0) is 50.5 Å². The Hall–Kier alpha value is -2.07. The van der Waals surface area contributed by atoms with Gasteiger partial charge >= 0.3 is 0 Å². The number of aliphatic imine (C=N–C) groups is 1. The fraction of sp³-hybridized carbons (Fsp3) is 0.500. The molecule has 32 heavy (non-hydrogen) atoms. The molecule has 1 aliphatic heterocycles. The number of unbranched alkanes of at least 4 members (excludes halogenated alkanes) is 1. The number of aromatic nitrogens is 1. The van der Waals surface area contributed by atoms with Gasteiger partial charge in [-0.1, -0.05) is 18.2 Å². The van der Waals surface area contributed by atoms with E-state index in [-0.39, 0.29) is 30.1 Å². The minimum atomic E-state index is 0. The van der Waals surface area contributed by atoms with Crippen LogP contribution in [0, 0.1) is 6.92 Å². The molecule has 1 atom stereocenters. The first-order valence-electron chi connectivity index (χ1n) is 11.3. The number of hydrogen-bond donors (Lipinski definition) is 3. The maximum absolute atomic E-state index is 6.19. The lowest BCUT2D eigenvalue weighted by Crippen LogP contribution is -2.37. The van der Waals surface area contributed by atoms with Crippen LogP contribution in [0.3, 0.4) is 0 Å². The fourth-order valence-electron chi connectivity index (χ4n) is 3.33. The molecular formula is C24H36IN5O2. The van der Waals surface area contributed by atoms with Crippen LogP contribution in [0.1, 0.15) is 37.3 Å². The molecule has 7 nitrogen and oxygen atoms in total. The normalized spacial score (nSPS) is 15.7. The summed E-state index contributed by atoms with van der Waals surface area (Å²) in [6, 6.07) is 12.2. The third-order valence-electron chi connectivity index (χ3n) is 5.02. The maximum Gasteiger partial charge on any atom is 0.191 e. The smallest absolute Gasteiger partial charge is 0.191 e. The zero-order chi connectivity index (χ0) is 21.7. The van der Waals surface area contributed by atoms with Crippen molar-refractivity contribution < 1.29 is 9.47 Å². The number of ether oxygens (including phenoxy) is 2. The number of nitrogens with zero attached hydrogens (tertiary/aromatic N) is 2. The third kappa shape index (κ3) is 9.20. The molecule has 1 unspecified atom stereocenters. The van der Waals surface area contributed by atoms with Gasteiger partial charge in [0.1, 0.15) is 17.7 Å². The Labute approximate surface area is 208 Å². The minimum Gasteiger partial charge on any atom is -0.488 e. The highest BCUT2D eigenvalue weighted by atomic mass is 127. The first-order chi connectivity index (χ1) is 15.2. The maximum atomic E-state index is 6.19. The molecule has 176 valence electrons. The van der Waals surface area contributed by atoms with Crippen molar-refractivity contribution in [1.29, 1.82) is 0 Å². The highest BCUT2D eigenvalue weighted by Crippen LogP contribution is 2.24. The van der Waals surface area contributed by atoms with Gasteiger partial charge in [0.2, 0.25) is 0 Å². The average molecular weight is 553 g/mol. The van der Waals surface area contributed by atoms with Crippen LogP contribution in [0.4, 0.5) is 5.82 Å². The SMILES string of the molecule is CCNC(=NCc1ccc(C)cc1OC1CCOC1)NCCCCNc1ccccn1.I. The van der Waals surface area contributed by atoms with Crippen molar-refractivity contribution in [2.45, 2.75) is 45.8 Å². The molecule has 0 spiro atoms. The highest BCUT2D eigenvalue weighted by molar-refractivity contribution is 14.0. The van der Waals surface area contributed by atoms with Crippen molar-refractivity contribution in [2.75, 3.05) is 38.2 Å². The van der Waals surface area contributed by atoms with E-state index in [0.29, 0.717) is 13.2 Å². The van der Waals surface area contributed by atoms with E-state index < -0.39 is 0 Å². The molecule has 1 aromatic heterocycles. The second-order valence-corrected chi connectivity index (χ2v) is 7.69. The van der Waals surface area contributed by atoms with Crippen molar-refractivity contribution in [1.82, 2.24) is 15.6 Å². The summed E-state index contributed by atoms with van der Waals surface area (Å²) in [6.45, 7) is 8.76. The summed E-state index contributed by atoms with van der Waals surface area (Å²) in [5.41, 5.74) is 2.28.